The highest BCUT2D eigenvalue weighted by molar-refractivity contribution is 5.81. The molecule has 0 aliphatic carbocycles. The fourth-order valence-corrected chi connectivity index (χ4v) is 4.03. The number of phenolic OH excluding ortho intramolecular Hbond substituents is 2. The summed E-state index contributed by atoms with van der Waals surface area (Å²) in [5, 5.41) is 19.6. The lowest BCUT2D eigenvalue weighted by molar-refractivity contribution is 0.474. The highest BCUT2D eigenvalue weighted by Crippen LogP contribution is 2.24. The van der Waals surface area contributed by atoms with Gasteiger partial charge in [0.25, 0.3) is 0 Å². The predicted octanol–water partition coefficient (Wildman–Crippen LogP) is 5.61. The van der Waals surface area contributed by atoms with Crippen molar-refractivity contribution >= 4 is 34.0 Å². The standard InChI is InChI=1S/C30H18N2O6/c33-21-11-13-25-23(15-21)29(35)37-27(31-25)19-7-3-17(4-8-19)1-2-18-5-9-20(10-6-18)28-32-26-14-12-22(34)16-24(26)30(36)38-28/h1-16,33-34H/b2-1+. The molecular formula is C30H18N2O6. The molecule has 2 heterocycles. The molecule has 0 aliphatic heterocycles. The molecule has 0 fully saturated rings. The molecule has 2 aromatic heterocycles. The molecule has 38 heavy (non-hydrogen) atoms. The number of hydrogen-bond donors (Lipinski definition) is 2. The summed E-state index contributed by atoms with van der Waals surface area (Å²) in [5.74, 6) is 0.350. The molecule has 0 spiro atoms. The smallest absolute Gasteiger partial charge is 0.347 e. The van der Waals surface area contributed by atoms with Crippen LogP contribution >= 0.6 is 0 Å². The topological polar surface area (TPSA) is 127 Å². The maximum absolute atomic E-state index is 12.3. The van der Waals surface area contributed by atoms with E-state index in [9.17, 15) is 19.8 Å². The van der Waals surface area contributed by atoms with Crippen LogP contribution in [0.25, 0.3) is 56.9 Å². The van der Waals surface area contributed by atoms with Crippen molar-refractivity contribution in [3.63, 3.8) is 0 Å². The molecule has 0 bridgehead atoms. The van der Waals surface area contributed by atoms with Gasteiger partial charge in [-0.1, -0.05) is 36.4 Å². The van der Waals surface area contributed by atoms with Gasteiger partial charge < -0.3 is 19.0 Å². The minimum Gasteiger partial charge on any atom is -0.508 e. The van der Waals surface area contributed by atoms with Crippen LogP contribution in [0.2, 0.25) is 0 Å². The Hall–Kier alpha value is -5.50. The van der Waals surface area contributed by atoms with E-state index in [1.807, 2.05) is 60.7 Å². The van der Waals surface area contributed by atoms with Gasteiger partial charge in [0.2, 0.25) is 11.8 Å². The minimum absolute atomic E-state index is 0.0241. The van der Waals surface area contributed by atoms with Crippen LogP contribution in [-0.2, 0) is 0 Å². The predicted molar refractivity (Wildman–Crippen MR) is 144 cm³/mol. The van der Waals surface area contributed by atoms with E-state index in [0.717, 1.165) is 11.1 Å². The zero-order valence-corrected chi connectivity index (χ0v) is 19.7. The first-order chi connectivity index (χ1) is 18.4. The number of aromatic hydroxyl groups is 2. The molecule has 0 saturated heterocycles. The fraction of sp³-hybridized carbons (Fsp3) is 0. The summed E-state index contributed by atoms with van der Waals surface area (Å²) in [7, 11) is 0. The third kappa shape index (κ3) is 4.42. The first-order valence-electron chi connectivity index (χ1n) is 11.6. The van der Waals surface area contributed by atoms with Crippen molar-refractivity contribution in [2.24, 2.45) is 0 Å². The Labute approximate surface area is 214 Å². The van der Waals surface area contributed by atoms with Crippen LogP contribution in [0.5, 0.6) is 11.5 Å². The second-order valence-corrected chi connectivity index (χ2v) is 8.59. The molecule has 0 aliphatic rings. The molecule has 8 nitrogen and oxygen atoms in total. The molecule has 6 rings (SSSR count). The van der Waals surface area contributed by atoms with Crippen molar-refractivity contribution < 1.29 is 19.0 Å². The summed E-state index contributed by atoms with van der Waals surface area (Å²) in [5.41, 5.74) is 2.92. The number of hydrogen-bond acceptors (Lipinski definition) is 8. The van der Waals surface area contributed by atoms with Crippen molar-refractivity contribution in [1.29, 1.82) is 0 Å². The minimum atomic E-state index is -0.564. The van der Waals surface area contributed by atoms with Gasteiger partial charge in [-0.15, -0.1) is 0 Å². The van der Waals surface area contributed by atoms with Crippen LogP contribution in [0.15, 0.2) is 103 Å². The molecule has 0 unspecified atom stereocenters. The van der Waals surface area contributed by atoms with Gasteiger partial charge in [-0.05, 0) is 71.8 Å². The monoisotopic (exact) mass is 502 g/mol. The van der Waals surface area contributed by atoms with Crippen molar-refractivity contribution in [1.82, 2.24) is 9.97 Å². The van der Waals surface area contributed by atoms with E-state index in [2.05, 4.69) is 9.97 Å². The average Bonchev–Trinajstić information content (AvgIpc) is 2.93. The van der Waals surface area contributed by atoms with Crippen LogP contribution < -0.4 is 11.3 Å². The lowest BCUT2D eigenvalue weighted by Gasteiger charge is -2.03. The number of aromatic nitrogens is 2. The zero-order valence-electron chi connectivity index (χ0n) is 19.7. The lowest BCUT2D eigenvalue weighted by atomic mass is 10.1. The molecule has 0 radical (unpaired) electrons. The van der Waals surface area contributed by atoms with Gasteiger partial charge in [0.1, 0.15) is 11.5 Å². The Balaban J connectivity index is 1.21. The third-order valence-corrected chi connectivity index (χ3v) is 6.01. The Morgan fingerprint density at radius 3 is 1.34 bits per heavy atom. The molecule has 0 atom stereocenters. The molecule has 0 saturated carbocycles. The summed E-state index contributed by atoms with van der Waals surface area (Å²) in [6.45, 7) is 0. The summed E-state index contributed by atoms with van der Waals surface area (Å²) in [4.78, 5) is 33.4. The van der Waals surface area contributed by atoms with E-state index < -0.39 is 11.3 Å². The van der Waals surface area contributed by atoms with Crippen LogP contribution in [0, 0.1) is 0 Å². The van der Waals surface area contributed by atoms with Crippen molar-refractivity contribution in [3.05, 3.63) is 117 Å². The van der Waals surface area contributed by atoms with Gasteiger partial charge >= 0.3 is 11.3 Å². The molecule has 0 amide bonds. The van der Waals surface area contributed by atoms with Gasteiger partial charge in [0.05, 0.1) is 21.8 Å². The third-order valence-electron chi connectivity index (χ3n) is 6.01. The number of phenols is 2. The fourth-order valence-electron chi connectivity index (χ4n) is 4.03. The van der Waals surface area contributed by atoms with E-state index in [4.69, 9.17) is 8.83 Å². The van der Waals surface area contributed by atoms with E-state index in [1.165, 1.54) is 24.3 Å². The maximum Gasteiger partial charge on any atom is 0.347 e. The van der Waals surface area contributed by atoms with Crippen molar-refractivity contribution in [2.45, 2.75) is 0 Å². The number of rotatable bonds is 4. The van der Waals surface area contributed by atoms with Crippen LogP contribution in [0.3, 0.4) is 0 Å². The van der Waals surface area contributed by atoms with E-state index in [-0.39, 0.29) is 34.1 Å². The molecular weight excluding hydrogens is 484 g/mol. The SMILES string of the molecule is O=c1oc(-c2ccc(/C=C/c3ccc(-c4nc5ccc(O)cc5c(=O)o4)cc3)cc2)nc2ccc(O)cc12. The summed E-state index contributed by atoms with van der Waals surface area (Å²) >= 11 is 0. The van der Waals surface area contributed by atoms with Crippen molar-refractivity contribution in [3.8, 4) is 34.4 Å². The number of nitrogens with zero attached hydrogens (tertiary/aromatic N) is 2. The maximum atomic E-state index is 12.3. The van der Waals surface area contributed by atoms with Crippen LogP contribution in [0.4, 0.5) is 0 Å². The van der Waals surface area contributed by atoms with Crippen molar-refractivity contribution in [2.75, 3.05) is 0 Å². The van der Waals surface area contributed by atoms with Gasteiger partial charge in [-0.2, -0.15) is 0 Å². The van der Waals surface area contributed by atoms with Gasteiger partial charge in [0.15, 0.2) is 0 Å². The van der Waals surface area contributed by atoms with E-state index >= 15 is 0 Å². The van der Waals surface area contributed by atoms with Gasteiger partial charge in [-0.25, -0.2) is 19.6 Å². The van der Waals surface area contributed by atoms with E-state index in [1.54, 1.807) is 12.1 Å². The number of fused-ring (bicyclic) bond motifs is 2. The molecule has 4 aromatic carbocycles. The highest BCUT2D eigenvalue weighted by atomic mass is 16.4. The Bertz CT molecular complexity index is 1830. The summed E-state index contributed by atoms with van der Waals surface area (Å²) < 4.78 is 10.7. The molecule has 2 N–H and O–H groups in total. The van der Waals surface area contributed by atoms with Crippen LogP contribution in [0.1, 0.15) is 11.1 Å². The normalized spacial score (nSPS) is 11.5. The largest absolute Gasteiger partial charge is 0.508 e. The summed E-state index contributed by atoms with van der Waals surface area (Å²) in [6, 6.07) is 23.5. The second kappa shape index (κ2) is 9.18. The van der Waals surface area contributed by atoms with Crippen LogP contribution in [-0.4, -0.2) is 20.2 Å². The average molecular weight is 502 g/mol. The Kier molecular flexibility index (Phi) is 5.54. The lowest BCUT2D eigenvalue weighted by Crippen LogP contribution is -2.02. The Morgan fingerprint density at radius 2 is 0.947 bits per heavy atom. The highest BCUT2D eigenvalue weighted by Gasteiger charge is 2.10. The Morgan fingerprint density at radius 1 is 0.553 bits per heavy atom. The number of benzene rings is 4. The second-order valence-electron chi connectivity index (χ2n) is 8.59. The molecule has 8 heteroatoms. The van der Waals surface area contributed by atoms with Gasteiger partial charge in [0, 0.05) is 11.1 Å². The molecule has 184 valence electrons. The van der Waals surface area contributed by atoms with Gasteiger partial charge in [-0.3, -0.25) is 0 Å². The molecule has 6 aromatic rings. The summed E-state index contributed by atoms with van der Waals surface area (Å²) in [6.07, 6.45) is 3.87. The quantitative estimate of drug-likeness (QED) is 0.298. The zero-order chi connectivity index (χ0) is 26.2. The van der Waals surface area contributed by atoms with E-state index in [0.29, 0.717) is 22.2 Å². The first kappa shape index (κ1) is 22.9. The first-order valence-corrected chi connectivity index (χ1v) is 11.6.